The maximum absolute atomic E-state index is 13.9. The molecule has 7 heteroatoms. The van der Waals surface area contributed by atoms with E-state index in [0.29, 0.717) is 6.29 Å². The van der Waals surface area contributed by atoms with E-state index in [2.05, 4.69) is 15.9 Å². The molecular weight excluding hydrogens is 333 g/mol. The van der Waals surface area contributed by atoms with Crippen LogP contribution in [-0.2, 0) is 16.1 Å². The average Bonchev–Trinajstić information content (AvgIpc) is 2.73. The molecule has 1 heterocycles. The number of fused-ring (bicyclic) bond motifs is 1. The molecule has 1 N–H and O–H groups in total. The lowest BCUT2D eigenvalue weighted by atomic mass is 10.1. The predicted molar refractivity (Wildman–Crippen MR) is 70.7 cm³/mol. The Morgan fingerprint density at radius 2 is 2.25 bits per heavy atom. The first-order valence-electron chi connectivity index (χ1n) is 5.90. The number of halogens is 2. The number of carbonyl (C=O) groups is 3. The summed E-state index contributed by atoms with van der Waals surface area (Å²) < 4.78 is 14.2. The molecule has 1 unspecified atom stereocenters. The molecule has 2 rings (SSSR count). The monoisotopic (exact) mass is 343 g/mol. The van der Waals surface area contributed by atoms with E-state index in [9.17, 15) is 18.8 Å². The van der Waals surface area contributed by atoms with Gasteiger partial charge in [0.2, 0.25) is 0 Å². The third-order valence-electron chi connectivity index (χ3n) is 3.23. The molecule has 0 spiro atoms. The zero-order valence-electron chi connectivity index (χ0n) is 10.3. The molecule has 106 valence electrons. The van der Waals surface area contributed by atoms with Gasteiger partial charge in [-0.25, -0.2) is 4.39 Å². The molecule has 5 nitrogen and oxygen atoms in total. The molecule has 1 aromatic carbocycles. The summed E-state index contributed by atoms with van der Waals surface area (Å²) in [6, 6.07) is 2.07. The Bertz CT molecular complexity index is 590. The van der Waals surface area contributed by atoms with Gasteiger partial charge in [-0.2, -0.15) is 0 Å². The summed E-state index contributed by atoms with van der Waals surface area (Å²) in [6.45, 7) is -0.0253. The number of hydrogen-bond donors (Lipinski definition) is 1. The van der Waals surface area contributed by atoms with Gasteiger partial charge in [-0.1, -0.05) is 0 Å². The second kappa shape index (κ2) is 5.70. The number of amides is 1. The van der Waals surface area contributed by atoms with Gasteiger partial charge in [-0.05, 0) is 34.5 Å². The highest BCUT2D eigenvalue weighted by molar-refractivity contribution is 9.10. The quantitative estimate of drug-likeness (QED) is 0.829. The number of hydrogen-bond acceptors (Lipinski definition) is 3. The number of aldehydes is 1. The van der Waals surface area contributed by atoms with Crippen LogP contribution in [0, 0.1) is 5.82 Å². The minimum atomic E-state index is -1.05. The zero-order chi connectivity index (χ0) is 14.9. The lowest BCUT2D eigenvalue weighted by Crippen LogP contribution is -2.37. The fourth-order valence-electron chi connectivity index (χ4n) is 2.18. The number of aliphatic carboxylic acids is 1. The molecule has 20 heavy (non-hydrogen) atoms. The van der Waals surface area contributed by atoms with Crippen LogP contribution < -0.4 is 0 Å². The second-order valence-electron chi connectivity index (χ2n) is 4.46. The molecule has 0 radical (unpaired) electrons. The van der Waals surface area contributed by atoms with Crippen molar-refractivity contribution < 1.29 is 23.9 Å². The molecule has 1 aliphatic heterocycles. The number of benzene rings is 1. The number of carboxylic acid groups (broad SMARTS) is 1. The van der Waals surface area contributed by atoms with Crippen LogP contribution in [-0.4, -0.2) is 34.2 Å². The highest BCUT2D eigenvalue weighted by Gasteiger charge is 2.35. The molecule has 0 fully saturated rings. The van der Waals surface area contributed by atoms with E-state index < -0.39 is 23.7 Å². The highest BCUT2D eigenvalue weighted by atomic mass is 79.9. The lowest BCUT2D eigenvalue weighted by Gasteiger charge is -2.22. The Kier molecular flexibility index (Phi) is 4.17. The standard InChI is InChI=1S/C13H11BrFNO4/c14-10-3-2-8-9(12(10)15)5-16(13(8)20)7(6-17)1-4-11(18)19/h2-3,6-7H,1,4-5H2,(H,18,19). The van der Waals surface area contributed by atoms with Crippen LogP contribution in [0.15, 0.2) is 16.6 Å². The van der Waals surface area contributed by atoms with Gasteiger partial charge >= 0.3 is 5.97 Å². The Morgan fingerprint density at radius 3 is 2.85 bits per heavy atom. The summed E-state index contributed by atoms with van der Waals surface area (Å²) >= 11 is 3.04. The van der Waals surface area contributed by atoms with Crippen LogP contribution in [0.3, 0.4) is 0 Å². The van der Waals surface area contributed by atoms with E-state index in [-0.39, 0.29) is 35.0 Å². The smallest absolute Gasteiger partial charge is 0.303 e. The molecule has 1 aromatic rings. The zero-order valence-corrected chi connectivity index (χ0v) is 11.9. The Labute approximate surface area is 122 Å². The molecule has 0 saturated heterocycles. The first-order valence-corrected chi connectivity index (χ1v) is 6.70. The molecule has 1 amide bonds. The van der Waals surface area contributed by atoms with Gasteiger partial charge in [-0.3, -0.25) is 9.59 Å². The van der Waals surface area contributed by atoms with Crippen molar-refractivity contribution in [3.8, 4) is 0 Å². The van der Waals surface area contributed by atoms with Crippen LogP contribution in [0.2, 0.25) is 0 Å². The number of nitrogens with zero attached hydrogens (tertiary/aromatic N) is 1. The third kappa shape index (κ3) is 2.58. The topological polar surface area (TPSA) is 74.7 Å². The maximum Gasteiger partial charge on any atom is 0.303 e. The normalized spacial score (nSPS) is 15.1. The molecule has 0 saturated carbocycles. The molecular formula is C13H11BrFNO4. The first kappa shape index (κ1) is 14.6. The van der Waals surface area contributed by atoms with Crippen LogP contribution in [0.4, 0.5) is 4.39 Å². The van der Waals surface area contributed by atoms with E-state index in [0.717, 1.165) is 0 Å². The second-order valence-corrected chi connectivity index (χ2v) is 5.31. The van der Waals surface area contributed by atoms with E-state index in [1.807, 2.05) is 0 Å². The third-order valence-corrected chi connectivity index (χ3v) is 3.84. The maximum atomic E-state index is 13.9. The summed E-state index contributed by atoms with van der Waals surface area (Å²) in [7, 11) is 0. The van der Waals surface area contributed by atoms with E-state index in [4.69, 9.17) is 5.11 Å². The van der Waals surface area contributed by atoms with Crippen LogP contribution in [0.1, 0.15) is 28.8 Å². The van der Waals surface area contributed by atoms with Crippen molar-refractivity contribution in [1.82, 2.24) is 4.90 Å². The molecule has 1 aliphatic rings. The minimum Gasteiger partial charge on any atom is -0.481 e. The molecule has 0 aliphatic carbocycles. The summed E-state index contributed by atoms with van der Waals surface area (Å²) in [4.78, 5) is 35.0. The fourth-order valence-corrected chi connectivity index (χ4v) is 2.55. The Balaban J connectivity index is 2.25. The highest BCUT2D eigenvalue weighted by Crippen LogP contribution is 2.31. The number of carboxylic acids is 1. The lowest BCUT2D eigenvalue weighted by molar-refractivity contribution is -0.137. The minimum absolute atomic E-state index is 0.0152. The van der Waals surface area contributed by atoms with Gasteiger partial charge in [0, 0.05) is 17.5 Å². The van der Waals surface area contributed by atoms with Crippen molar-refractivity contribution in [3.63, 3.8) is 0 Å². The van der Waals surface area contributed by atoms with Crippen LogP contribution >= 0.6 is 15.9 Å². The largest absolute Gasteiger partial charge is 0.481 e. The van der Waals surface area contributed by atoms with Crippen LogP contribution in [0.5, 0.6) is 0 Å². The molecule has 0 aromatic heterocycles. The molecule has 1 atom stereocenters. The van der Waals surface area contributed by atoms with Crippen molar-refractivity contribution in [2.75, 3.05) is 0 Å². The van der Waals surface area contributed by atoms with Crippen molar-refractivity contribution in [3.05, 3.63) is 33.5 Å². The van der Waals surface area contributed by atoms with Crippen molar-refractivity contribution >= 4 is 34.1 Å². The Morgan fingerprint density at radius 1 is 1.55 bits per heavy atom. The Hall–Kier alpha value is -1.76. The van der Waals surface area contributed by atoms with Crippen molar-refractivity contribution in [1.29, 1.82) is 0 Å². The summed E-state index contributed by atoms with van der Waals surface area (Å²) in [5.74, 6) is -2.02. The first-order chi connectivity index (χ1) is 9.45. The summed E-state index contributed by atoms with van der Waals surface area (Å²) in [6.07, 6.45) is 0.316. The predicted octanol–water partition coefficient (Wildman–Crippen LogP) is 1.98. The fraction of sp³-hybridized carbons (Fsp3) is 0.308. The van der Waals surface area contributed by atoms with Gasteiger partial charge in [0.25, 0.3) is 5.91 Å². The summed E-state index contributed by atoms with van der Waals surface area (Å²) in [5, 5.41) is 8.64. The van der Waals surface area contributed by atoms with Gasteiger partial charge in [0.15, 0.2) is 0 Å². The molecule has 0 bridgehead atoms. The van der Waals surface area contributed by atoms with Crippen molar-refractivity contribution in [2.24, 2.45) is 0 Å². The van der Waals surface area contributed by atoms with E-state index >= 15 is 0 Å². The number of rotatable bonds is 5. The van der Waals surface area contributed by atoms with Crippen molar-refractivity contribution in [2.45, 2.75) is 25.4 Å². The number of carbonyl (C=O) groups excluding carboxylic acids is 2. The van der Waals surface area contributed by atoms with Gasteiger partial charge in [0.05, 0.1) is 17.1 Å². The van der Waals surface area contributed by atoms with Crippen LogP contribution in [0.25, 0.3) is 0 Å². The van der Waals surface area contributed by atoms with Gasteiger partial charge in [-0.15, -0.1) is 0 Å². The van der Waals surface area contributed by atoms with Gasteiger partial charge < -0.3 is 14.8 Å². The van der Waals surface area contributed by atoms with E-state index in [1.54, 1.807) is 0 Å². The average molecular weight is 344 g/mol. The van der Waals surface area contributed by atoms with E-state index in [1.165, 1.54) is 17.0 Å². The van der Waals surface area contributed by atoms with Gasteiger partial charge in [0.1, 0.15) is 12.1 Å². The SMILES string of the molecule is O=CC(CCC(=O)O)N1Cc2c(ccc(Br)c2F)C1=O. The summed E-state index contributed by atoms with van der Waals surface area (Å²) in [5.41, 5.74) is 0.444.